The minimum atomic E-state index is -0.488. The number of nitrogens with zero attached hydrogens (tertiary/aromatic N) is 1. The van der Waals surface area contributed by atoms with E-state index in [9.17, 15) is 19.7 Å². The zero-order valence-corrected chi connectivity index (χ0v) is 15.7. The summed E-state index contributed by atoms with van der Waals surface area (Å²) < 4.78 is 10.7. The molecule has 0 aliphatic heterocycles. The Morgan fingerprint density at radius 1 is 1.00 bits per heavy atom. The van der Waals surface area contributed by atoms with E-state index in [1.807, 2.05) is 0 Å². The van der Waals surface area contributed by atoms with Crippen molar-refractivity contribution in [3.63, 3.8) is 0 Å². The monoisotopic (exact) mass is 394 g/mol. The zero-order valence-electron chi connectivity index (χ0n) is 15.7. The Labute approximate surface area is 166 Å². The lowest BCUT2D eigenvalue weighted by atomic mass is 10.1. The van der Waals surface area contributed by atoms with Crippen molar-refractivity contribution in [2.45, 2.75) is 20.0 Å². The SMILES string of the molecule is CC(C)OC(=O)c1ccc(NC(=O)c2ccc(-c3ccc([N+](=O)[O-])cc3)o2)cc1. The van der Waals surface area contributed by atoms with Crippen LogP contribution in [0.2, 0.25) is 0 Å². The average molecular weight is 394 g/mol. The molecule has 3 rings (SSSR count). The summed E-state index contributed by atoms with van der Waals surface area (Å²) >= 11 is 0. The molecule has 0 radical (unpaired) electrons. The Morgan fingerprint density at radius 2 is 1.66 bits per heavy atom. The Bertz CT molecular complexity index is 1040. The van der Waals surface area contributed by atoms with Crippen LogP contribution in [0, 0.1) is 10.1 Å². The fraction of sp³-hybridized carbons (Fsp3) is 0.143. The summed E-state index contributed by atoms with van der Waals surface area (Å²) in [6.45, 7) is 3.53. The number of carbonyl (C=O) groups excluding carboxylic acids is 2. The number of nitro benzene ring substituents is 1. The molecule has 0 saturated heterocycles. The minimum Gasteiger partial charge on any atom is -0.459 e. The van der Waals surface area contributed by atoms with E-state index in [0.29, 0.717) is 22.6 Å². The van der Waals surface area contributed by atoms with Crippen LogP contribution in [-0.2, 0) is 4.74 Å². The Balaban J connectivity index is 1.67. The van der Waals surface area contributed by atoms with Gasteiger partial charge in [-0.15, -0.1) is 0 Å². The second-order valence-electron chi connectivity index (χ2n) is 6.45. The number of ether oxygens (including phenoxy) is 1. The van der Waals surface area contributed by atoms with E-state index >= 15 is 0 Å². The van der Waals surface area contributed by atoms with Crippen molar-refractivity contribution in [1.82, 2.24) is 0 Å². The van der Waals surface area contributed by atoms with Crippen molar-refractivity contribution in [2.24, 2.45) is 0 Å². The third-order valence-corrected chi connectivity index (χ3v) is 3.91. The molecular formula is C21H18N2O6. The van der Waals surface area contributed by atoms with Crippen molar-refractivity contribution >= 4 is 23.3 Å². The number of non-ortho nitro benzene ring substituents is 1. The third-order valence-electron chi connectivity index (χ3n) is 3.91. The topological polar surface area (TPSA) is 112 Å². The largest absolute Gasteiger partial charge is 0.459 e. The molecule has 0 aliphatic carbocycles. The molecule has 0 aliphatic rings. The maximum Gasteiger partial charge on any atom is 0.338 e. The number of esters is 1. The third kappa shape index (κ3) is 4.86. The first-order chi connectivity index (χ1) is 13.8. The fourth-order valence-corrected chi connectivity index (χ4v) is 2.53. The van der Waals surface area contributed by atoms with Gasteiger partial charge in [0.05, 0.1) is 16.6 Å². The summed E-state index contributed by atoms with van der Waals surface area (Å²) in [5, 5.41) is 13.4. The maximum absolute atomic E-state index is 12.4. The lowest BCUT2D eigenvalue weighted by molar-refractivity contribution is -0.384. The van der Waals surface area contributed by atoms with Crippen LogP contribution < -0.4 is 5.32 Å². The highest BCUT2D eigenvalue weighted by Gasteiger charge is 2.14. The van der Waals surface area contributed by atoms with Crippen LogP contribution in [0.1, 0.15) is 34.8 Å². The van der Waals surface area contributed by atoms with E-state index in [0.717, 1.165) is 0 Å². The number of carbonyl (C=O) groups is 2. The first-order valence-electron chi connectivity index (χ1n) is 8.80. The number of hydrogen-bond acceptors (Lipinski definition) is 6. The van der Waals surface area contributed by atoms with E-state index in [1.165, 1.54) is 18.2 Å². The van der Waals surface area contributed by atoms with Crippen molar-refractivity contribution in [2.75, 3.05) is 5.32 Å². The van der Waals surface area contributed by atoms with Gasteiger partial charge in [-0.25, -0.2) is 4.79 Å². The zero-order chi connectivity index (χ0) is 21.0. The Hall–Kier alpha value is -3.94. The van der Waals surface area contributed by atoms with Gasteiger partial charge in [0.15, 0.2) is 5.76 Å². The molecule has 29 heavy (non-hydrogen) atoms. The smallest absolute Gasteiger partial charge is 0.338 e. The molecule has 1 heterocycles. The Morgan fingerprint density at radius 3 is 2.24 bits per heavy atom. The molecule has 1 amide bonds. The van der Waals surface area contributed by atoms with Gasteiger partial charge in [0.2, 0.25) is 0 Å². The number of rotatable bonds is 6. The molecule has 0 unspecified atom stereocenters. The number of hydrogen-bond donors (Lipinski definition) is 1. The van der Waals surface area contributed by atoms with Gasteiger partial charge in [0.1, 0.15) is 5.76 Å². The molecule has 8 heteroatoms. The molecule has 1 aromatic heterocycles. The number of furan rings is 1. The van der Waals surface area contributed by atoms with Crippen molar-refractivity contribution < 1.29 is 23.7 Å². The highest BCUT2D eigenvalue weighted by Crippen LogP contribution is 2.25. The molecule has 0 spiro atoms. The second kappa shape index (κ2) is 8.39. The molecular weight excluding hydrogens is 376 g/mol. The minimum absolute atomic E-state index is 0.0287. The lowest BCUT2D eigenvalue weighted by Gasteiger charge is -2.08. The van der Waals surface area contributed by atoms with Gasteiger partial charge in [-0.2, -0.15) is 0 Å². The number of benzene rings is 2. The molecule has 0 bridgehead atoms. The quantitative estimate of drug-likeness (QED) is 0.369. The van der Waals surface area contributed by atoms with Gasteiger partial charge >= 0.3 is 5.97 Å². The first kappa shape index (κ1) is 19.8. The number of nitro groups is 1. The second-order valence-corrected chi connectivity index (χ2v) is 6.45. The molecule has 0 fully saturated rings. The summed E-state index contributed by atoms with van der Waals surface area (Å²) in [4.78, 5) is 34.5. The van der Waals surface area contributed by atoms with E-state index in [-0.39, 0.29) is 17.6 Å². The predicted octanol–water partition coefficient (Wildman–Crippen LogP) is 4.67. The van der Waals surface area contributed by atoms with Gasteiger partial charge < -0.3 is 14.5 Å². The van der Waals surface area contributed by atoms with E-state index < -0.39 is 16.8 Å². The molecule has 8 nitrogen and oxygen atoms in total. The van der Waals surface area contributed by atoms with Crippen LogP contribution in [0.3, 0.4) is 0 Å². The van der Waals surface area contributed by atoms with E-state index in [4.69, 9.17) is 9.15 Å². The van der Waals surface area contributed by atoms with Crippen LogP contribution in [0.25, 0.3) is 11.3 Å². The first-order valence-corrected chi connectivity index (χ1v) is 8.80. The molecule has 0 atom stereocenters. The van der Waals surface area contributed by atoms with Crippen molar-refractivity contribution in [3.05, 3.63) is 82.1 Å². The van der Waals surface area contributed by atoms with Gasteiger partial charge in [-0.1, -0.05) is 0 Å². The van der Waals surface area contributed by atoms with Crippen LogP contribution in [0.5, 0.6) is 0 Å². The molecule has 3 aromatic rings. The van der Waals surface area contributed by atoms with Gasteiger partial charge in [0, 0.05) is 23.4 Å². The lowest BCUT2D eigenvalue weighted by Crippen LogP contribution is -2.13. The van der Waals surface area contributed by atoms with Gasteiger partial charge in [-0.3, -0.25) is 14.9 Å². The molecule has 2 aromatic carbocycles. The highest BCUT2D eigenvalue weighted by atomic mass is 16.6. The van der Waals surface area contributed by atoms with Crippen molar-refractivity contribution in [1.29, 1.82) is 0 Å². The van der Waals surface area contributed by atoms with Crippen molar-refractivity contribution in [3.8, 4) is 11.3 Å². The summed E-state index contributed by atoms with van der Waals surface area (Å²) in [6, 6.07) is 15.3. The van der Waals surface area contributed by atoms with E-state index in [2.05, 4.69) is 5.32 Å². The molecule has 0 saturated carbocycles. The Kier molecular flexibility index (Phi) is 5.73. The number of amides is 1. The average Bonchev–Trinajstić information content (AvgIpc) is 3.18. The highest BCUT2D eigenvalue weighted by molar-refractivity contribution is 6.02. The number of nitrogens with one attached hydrogen (secondary N) is 1. The van der Waals surface area contributed by atoms with Crippen LogP contribution in [-0.4, -0.2) is 22.9 Å². The predicted molar refractivity (Wildman–Crippen MR) is 106 cm³/mol. The standard InChI is InChI=1S/C21H18N2O6/c1-13(2)28-21(25)15-3-7-16(8-4-15)22-20(24)19-12-11-18(29-19)14-5-9-17(10-6-14)23(26)27/h3-13H,1-2H3,(H,22,24). The summed E-state index contributed by atoms with van der Waals surface area (Å²) in [6.07, 6.45) is -0.217. The normalized spacial score (nSPS) is 10.6. The fourth-order valence-electron chi connectivity index (χ4n) is 2.53. The summed E-state index contributed by atoms with van der Waals surface area (Å²) in [5.41, 5.74) is 1.46. The summed E-state index contributed by atoms with van der Waals surface area (Å²) in [7, 11) is 0. The van der Waals surface area contributed by atoms with Crippen LogP contribution in [0.15, 0.2) is 65.1 Å². The van der Waals surface area contributed by atoms with Gasteiger partial charge in [-0.05, 0) is 62.4 Å². The van der Waals surface area contributed by atoms with Crippen LogP contribution in [0.4, 0.5) is 11.4 Å². The molecule has 1 N–H and O–H groups in total. The summed E-state index contributed by atoms with van der Waals surface area (Å²) in [5.74, 6) is -0.397. The molecule has 148 valence electrons. The van der Waals surface area contributed by atoms with Crippen LogP contribution >= 0.6 is 0 Å². The maximum atomic E-state index is 12.4. The van der Waals surface area contributed by atoms with Gasteiger partial charge in [0.25, 0.3) is 11.6 Å². The number of anilines is 1. The van der Waals surface area contributed by atoms with E-state index in [1.54, 1.807) is 56.3 Å².